The third kappa shape index (κ3) is 6.47. The SMILES string of the molecule is CC(C)N(CCC(=O)O)C(=O)CCCOc1ccccc1Br. The fraction of sp³-hybridized carbons (Fsp3) is 0.500. The first-order valence-electron chi connectivity index (χ1n) is 7.30. The molecular weight excluding hydrogens is 350 g/mol. The van der Waals surface area contributed by atoms with Gasteiger partial charge in [0.25, 0.3) is 0 Å². The van der Waals surface area contributed by atoms with Crippen molar-refractivity contribution in [3.63, 3.8) is 0 Å². The molecule has 0 aliphatic carbocycles. The normalized spacial score (nSPS) is 10.5. The molecule has 0 radical (unpaired) electrons. The minimum atomic E-state index is -0.893. The van der Waals surface area contributed by atoms with Gasteiger partial charge in [-0.1, -0.05) is 12.1 Å². The van der Waals surface area contributed by atoms with Gasteiger partial charge in [-0.25, -0.2) is 0 Å². The van der Waals surface area contributed by atoms with Crippen molar-refractivity contribution in [3.05, 3.63) is 28.7 Å². The number of aliphatic carboxylic acids is 1. The number of amides is 1. The highest BCUT2D eigenvalue weighted by Gasteiger charge is 2.17. The van der Waals surface area contributed by atoms with E-state index in [2.05, 4.69) is 15.9 Å². The Morgan fingerprint density at radius 1 is 1.27 bits per heavy atom. The first-order valence-corrected chi connectivity index (χ1v) is 8.09. The van der Waals surface area contributed by atoms with E-state index >= 15 is 0 Å². The van der Waals surface area contributed by atoms with Gasteiger partial charge in [-0.05, 0) is 48.3 Å². The second-order valence-corrected chi connectivity index (χ2v) is 6.06. The van der Waals surface area contributed by atoms with Crippen LogP contribution in [0.2, 0.25) is 0 Å². The maximum Gasteiger partial charge on any atom is 0.305 e. The number of carboxylic acids is 1. The molecule has 6 heteroatoms. The number of rotatable bonds is 9. The standard InChI is InChI=1S/C16H22BrNO4/c1-12(2)18(10-9-16(20)21)15(19)8-5-11-22-14-7-4-3-6-13(14)17/h3-4,6-7,12H,5,8-11H2,1-2H3,(H,20,21). The summed E-state index contributed by atoms with van der Waals surface area (Å²) in [6, 6.07) is 7.55. The average molecular weight is 372 g/mol. The number of benzene rings is 1. The van der Waals surface area contributed by atoms with Gasteiger partial charge in [-0.15, -0.1) is 0 Å². The Hall–Kier alpha value is -1.56. The molecule has 0 saturated heterocycles. The van der Waals surface area contributed by atoms with Crippen molar-refractivity contribution in [1.29, 1.82) is 0 Å². The van der Waals surface area contributed by atoms with E-state index < -0.39 is 5.97 Å². The van der Waals surface area contributed by atoms with Gasteiger partial charge in [0.15, 0.2) is 0 Å². The number of hydrogen-bond donors (Lipinski definition) is 1. The summed E-state index contributed by atoms with van der Waals surface area (Å²) in [5.41, 5.74) is 0. The fourth-order valence-corrected chi connectivity index (χ4v) is 2.40. The molecule has 122 valence electrons. The number of carbonyl (C=O) groups is 2. The number of nitrogens with zero attached hydrogens (tertiary/aromatic N) is 1. The van der Waals surface area contributed by atoms with Gasteiger partial charge in [-0.3, -0.25) is 9.59 Å². The summed E-state index contributed by atoms with van der Waals surface area (Å²) in [5.74, 6) is -0.177. The summed E-state index contributed by atoms with van der Waals surface area (Å²) in [6.07, 6.45) is 0.913. The van der Waals surface area contributed by atoms with Crippen LogP contribution >= 0.6 is 15.9 Å². The summed E-state index contributed by atoms with van der Waals surface area (Å²) >= 11 is 3.40. The van der Waals surface area contributed by atoms with E-state index in [0.717, 1.165) is 10.2 Å². The van der Waals surface area contributed by atoms with Crippen molar-refractivity contribution in [2.75, 3.05) is 13.2 Å². The summed E-state index contributed by atoms with van der Waals surface area (Å²) in [5, 5.41) is 8.73. The molecule has 0 atom stereocenters. The molecule has 1 aromatic carbocycles. The van der Waals surface area contributed by atoms with Gasteiger partial charge < -0.3 is 14.7 Å². The molecule has 0 bridgehead atoms. The molecular formula is C16H22BrNO4. The smallest absolute Gasteiger partial charge is 0.305 e. The molecule has 0 saturated carbocycles. The summed E-state index contributed by atoms with van der Waals surface area (Å²) in [7, 11) is 0. The van der Waals surface area contributed by atoms with Crippen molar-refractivity contribution in [1.82, 2.24) is 4.90 Å². The second kappa shape index (κ2) is 9.46. The third-order valence-corrected chi connectivity index (χ3v) is 3.79. The van der Waals surface area contributed by atoms with Crippen LogP contribution in [0.1, 0.15) is 33.1 Å². The van der Waals surface area contributed by atoms with E-state index in [1.165, 1.54) is 0 Å². The quantitative estimate of drug-likeness (QED) is 0.676. The fourth-order valence-electron chi connectivity index (χ4n) is 2.00. The molecule has 1 aromatic rings. The predicted molar refractivity (Wildman–Crippen MR) is 88.0 cm³/mol. The predicted octanol–water partition coefficient (Wildman–Crippen LogP) is 3.32. The Morgan fingerprint density at radius 2 is 1.95 bits per heavy atom. The zero-order valence-corrected chi connectivity index (χ0v) is 14.5. The van der Waals surface area contributed by atoms with Crippen LogP contribution in [0.5, 0.6) is 5.75 Å². The Bertz CT molecular complexity index is 505. The molecule has 0 aliphatic rings. The topological polar surface area (TPSA) is 66.8 Å². The van der Waals surface area contributed by atoms with Crippen LogP contribution in [0.15, 0.2) is 28.7 Å². The molecule has 22 heavy (non-hydrogen) atoms. The van der Waals surface area contributed by atoms with Crippen LogP contribution < -0.4 is 4.74 Å². The highest BCUT2D eigenvalue weighted by molar-refractivity contribution is 9.10. The van der Waals surface area contributed by atoms with E-state index in [0.29, 0.717) is 19.4 Å². The summed E-state index contributed by atoms with van der Waals surface area (Å²) in [4.78, 5) is 24.4. The second-order valence-electron chi connectivity index (χ2n) is 5.21. The van der Waals surface area contributed by atoms with Crippen molar-refractivity contribution >= 4 is 27.8 Å². The van der Waals surface area contributed by atoms with E-state index in [1.54, 1.807) is 4.90 Å². The molecule has 0 unspecified atom stereocenters. The van der Waals surface area contributed by atoms with Gasteiger partial charge in [0.2, 0.25) is 5.91 Å². The Balaban J connectivity index is 2.37. The largest absolute Gasteiger partial charge is 0.492 e. The lowest BCUT2D eigenvalue weighted by Crippen LogP contribution is -2.38. The molecule has 0 spiro atoms. The van der Waals surface area contributed by atoms with Crippen LogP contribution in [0.3, 0.4) is 0 Å². The third-order valence-electron chi connectivity index (χ3n) is 3.14. The Kier molecular flexibility index (Phi) is 7.95. The molecule has 0 fully saturated rings. The van der Waals surface area contributed by atoms with Gasteiger partial charge in [-0.2, -0.15) is 0 Å². The maximum absolute atomic E-state index is 12.1. The van der Waals surface area contributed by atoms with Crippen molar-refractivity contribution in [2.45, 2.75) is 39.2 Å². The van der Waals surface area contributed by atoms with Crippen molar-refractivity contribution in [2.24, 2.45) is 0 Å². The van der Waals surface area contributed by atoms with Crippen LogP contribution in [-0.2, 0) is 9.59 Å². The lowest BCUT2D eigenvalue weighted by Gasteiger charge is -2.26. The highest BCUT2D eigenvalue weighted by Crippen LogP contribution is 2.23. The number of para-hydroxylation sites is 1. The van der Waals surface area contributed by atoms with Crippen molar-refractivity contribution < 1.29 is 19.4 Å². The first kappa shape index (κ1) is 18.5. The number of halogens is 1. The molecule has 1 rings (SSSR count). The monoisotopic (exact) mass is 371 g/mol. The molecule has 1 N–H and O–H groups in total. The zero-order chi connectivity index (χ0) is 16.5. The lowest BCUT2D eigenvalue weighted by molar-refractivity contribution is -0.139. The first-order chi connectivity index (χ1) is 10.4. The Morgan fingerprint density at radius 3 is 2.55 bits per heavy atom. The van der Waals surface area contributed by atoms with E-state index in [9.17, 15) is 9.59 Å². The maximum atomic E-state index is 12.1. The van der Waals surface area contributed by atoms with E-state index in [1.807, 2.05) is 38.1 Å². The van der Waals surface area contributed by atoms with Crippen molar-refractivity contribution in [3.8, 4) is 5.75 Å². The highest BCUT2D eigenvalue weighted by atomic mass is 79.9. The molecule has 1 amide bonds. The van der Waals surface area contributed by atoms with Gasteiger partial charge in [0, 0.05) is 19.0 Å². The van der Waals surface area contributed by atoms with Gasteiger partial charge >= 0.3 is 5.97 Å². The summed E-state index contributed by atoms with van der Waals surface area (Å²) in [6.45, 7) is 4.46. The van der Waals surface area contributed by atoms with Gasteiger partial charge in [0.1, 0.15) is 5.75 Å². The van der Waals surface area contributed by atoms with Crippen LogP contribution in [-0.4, -0.2) is 41.1 Å². The van der Waals surface area contributed by atoms with E-state index in [4.69, 9.17) is 9.84 Å². The van der Waals surface area contributed by atoms with E-state index in [-0.39, 0.29) is 24.9 Å². The van der Waals surface area contributed by atoms with Crippen LogP contribution in [0.25, 0.3) is 0 Å². The van der Waals surface area contributed by atoms with Crippen LogP contribution in [0.4, 0.5) is 0 Å². The van der Waals surface area contributed by atoms with Crippen LogP contribution in [0, 0.1) is 0 Å². The number of ether oxygens (including phenoxy) is 1. The average Bonchev–Trinajstić information content (AvgIpc) is 2.44. The Labute approximate surface area is 139 Å². The molecule has 0 aromatic heterocycles. The number of carboxylic acid groups (broad SMARTS) is 1. The molecule has 0 heterocycles. The molecule has 5 nitrogen and oxygen atoms in total. The lowest BCUT2D eigenvalue weighted by atomic mass is 10.2. The van der Waals surface area contributed by atoms with Gasteiger partial charge in [0.05, 0.1) is 17.5 Å². The number of carbonyl (C=O) groups excluding carboxylic acids is 1. The zero-order valence-electron chi connectivity index (χ0n) is 12.9. The minimum absolute atomic E-state index is 0.00367. The number of hydrogen-bond acceptors (Lipinski definition) is 3. The minimum Gasteiger partial charge on any atom is -0.492 e. The summed E-state index contributed by atoms with van der Waals surface area (Å²) < 4.78 is 6.49. The molecule has 0 aliphatic heterocycles.